The van der Waals surface area contributed by atoms with Crippen LogP contribution >= 0.6 is 0 Å². The third-order valence-electron chi connectivity index (χ3n) is 6.68. The lowest BCUT2D eigenvalue weighted by Crippen LogP contribution is -2.35. The van der Waals surface area contributed by atoms with E-state index in [9.17, 15) is 9.90 Å². The van der Waals surface area contributed by atoms with Gasteiger partial charge in [0.15, 0.2) is 0 Å². The Morgan fingerprint density at radius 3 is 1.76 bits per heavy atom. The number of hydrogen-bond donors (Lipinski definition) is 4. The summed E-state index contributed by atoms with van der Waals surface area (Å²) in [5.74, 6) is -0.114. The summed E-state index contributed by atoms with van der Waals surface area (Å²) in [4.78, 5) is 14.7. The quantitative estimate of drug-likeness (QED) is 0.234. The van der Waals surface area contributed by atoms with Gasteiger partial charge in [-0.25, -0.2) is 0 Å². The zero-order valence-corrected chi connectivity index (χ0v) is 21.0. The van der Waals surface area contributed by atoms with E-state index in [1.807, 2.05) is 78.5 Å². The van der Waals surface area contributed by atoms with E-state index in [0.717, 1.165) is 60.9 Å². The van der Waals surface area contributed by atoms with Gasteiger partial charge in [0.2, 0.25) is 0 Å². The summed E-state index contributed by atoms with van der Waals surface area (Å²) in [5, 5.41) is 19.5. The van der Waals surface area contributed by atoms with Crippen LogP contribution in [0, 0.1) is 0 Å². The molecular formula is C30H33N5O2. The molecule has 0 radical (unpaired) electrons. The molecule has 0 aliphatic carbocycles. The van der Waals surface area contributed by atoms with Gasteiger partial charge in [-0.05, 0) is 98.6 Å². The lowest BCUT2D eigenvalue weighted by Gasteiger charge is -2.31. The molecule has 1 saturated heterocycles. The molecule has 1 fully saturated rings. The van der Waals surface area contributed by atoms with E-state index in [-0.39, 0.29) is 12.0 Å². The highest BCUT2D eigenvalue weighted by Gasteiger charge is 2.17. The Bertz CT molecular complexity index is 1310. The van der Waals surface area contributed by atoms with Crippen molar-refractivity contribution in [1.82, 2.24) is 4.57 Å². The lowest BCUT2D eigenvalue weighted by atomic mass is 10.1. The number of piperidine rings is 1. The van der Waals surface area contributed by atoms with Crippen molar-refractivity contribution in [1.29, 1.82) is 0 Å². The molecule has 4 aromatic rings. The fourth-order valence-corrected chi connectivity index (χ4v) is 4.46. The molecular weight excluding hydrogens is 462 g/mol. The molecule has 5 rings (SSSR count). The van der Waals surface area contributed by atoms with Crippen LogP contribution in [0.2, 0.25) is 0 Å². The highest BCUT2D eigenvalue weighted by molar-refractivity contribution is 6.04. The highest BCUT2D eigenvalue weighted by atomic mass is 16.3. The number of carbonyl (C=O) groups excluding carboxylic acids is 1. The second kappa shape index (κ2) is 11.2. The Labute approximate surface area is 217 Å². The molecule has 0 bridgehead atoms. The Morgan fingerprint density at radius 1 is 0.784 bits per heavy atom. The molecule has 1 aliphatic heterocycles. The van der Waals surface area contributed by atoms with Crippen LogP contribution in [0.15, 0.2) is 91.3 Å². The van der Waals surface area contributed by atoms with Crippen LogP contribution in [0.1, 0.15) is 30.1 Å². The lowest BCUT2D eigenvalue weighted by molar-refractivity contribution is 0.102. The van der Waals surface area contributed by atoms with Gasteiger partial charge in [0.05, 0.1) is 11.7 Å². The van der Waals surface area contributed by atoms with Crippen molar-refractivity contribution in [2.45, 2.75) is 32.4 Å². The van der Waals surface area contributed by atoms with Crippen LogP contribution in [0.3, 0.4) is 0 Å². The fourth-order valence-electron chi connectivity index (χ4n) is 4.46. The summed E-state index contributed by atoms with van der Waals surface area (Å²) in [6, 6.07) is 26.1. The monoisotopic (exact) mass is 495 g/mol. The molecule has 0 spiro atoms. The van der Waals surface area contributed by atoms with Crippen LogP contribution in [-0.4, -0.2) is 34.8 Å². The summed E-state index contributed by atoms with van der Waals surface area (Å²) < 4.78 is 1.97. The fraction of sp³-hybridized carbons (Fsp3) is 0.233. The Balaban J connectivity index is 1.13. The van der Waals surface area contributed by atoms with Crippen molar-refractivity contribution in [3.05, 3.63) is 96.8 Å². The number of aromatic nitrogens is 1. The minimum Gasteiger partial charge on any atom is -0.393 e. The smallest absolute Gasteiger partial charge is 0.257 e. The van der Waals surface area contributed by atoms with E-state index in [1.54, 1.807) is 0 Å². The highest BCUT2D eigenvalue weighted by Crippen LogP contribution is 2.26. The van der Waals surface area contributed by atoms with E-state index in [4.69, 9.17) is 0 Å². The molecule has 3 aromatic carbocycles. The second-order valence-corrected chi connectivity index (χ2v) is 9.35. The molecule has 0 atom stereocenters. The first-order valence-electron chi connectivity index (χ1n) is 12.8. The normalized spacial score (nSPS) is 13.8. The Hall–Kier alpha value is -4.23. The number of nitrogens with one attached hydrogen (secondary N) is 3. The van der Waals surface area contributed by atoms with Gasteiger partial charge in [0.25, 0.3) is 5.91 Å². The maximum Gasteiger partial charge on any atom is 0.257 e. The van der Waals surface area contributed by atoms with Gasteiger partial charge in [-0.15, -0.1) is 0 Å². The predicted molar refractivity (Wildman–Crippen MR) is 151 cm³/mol. The van der Waals surface area contributed by atoms with Gasteiger partial charge in [-0.1, -0.05) is 0 Å². The predicted octanol–water partition coefficient (Wildman–Crippen LogP) is 6.21. The summed E-state index contributed by atoms with van der Waals surface area (Å²) >= 11 is 0. The minimum absolute atomic E-state index is 0.114. The van der Waals surface area contributed by atoms with Crippen LogP contribution in [-0.2, 0) is 6.54 Å². The molecule has 4 N–H and O–H groups in total. The first kappa shape index (κ1) is 24.5. The molecule has 2 heterocycles. The summed E-state index contributed by atoms with van der Waals surface area (Å²) in [6.07, 6.45) is 5.25. The Kier molecular flexibility index (Phi) is 7.42. The van der Waals surface area contributed by atoms with E-state index in [2.05, 4.69) is 45.1 Å². The molecule has 7 nitrogen and oxygen atoms in total. The average molecular weight is 496 g/mol. The molecule has 1 aromatic heterocycles. The van der Waals surface area contributed by atoms with E-state index < -0.39 is 0 Å². The summed E-state index contributed by atoms with van der Waals surface area (Å²) in [7, 11) is 0. The maximum absolute atomic E-state index is 12.4. The third kappa shape index (κ3) is 6.32. The van der Waals surface area contributed by atoms with Gasteiger partial charge in [-0.3, -0.25) is 4.79 Å². The number of rotatable bonds is 8. The number of aliphatic hydroxyl groups is 1. The van der Waals surface area contributed by atoms with Gasteiger partial charge in [0, 0.05) is 66.2 Å². The van der Waals surface area contributed by atoms with Crippen molar-refractivity contribution in [2.24, 2.45) is 0 Å². The SMILES string of the molecule is CCn1ccc(C(=O)Nc2ccc(Nc3ccc(Nc4ccc(N5CCC(O)CC5)cc4)cc3)cc2)c1. The standard InChI is InChI=1S/C30H33N5O2/c1-2-34-18-15-22(21-34)30(37)33-27-9-7-25(8-10-27)31-23-3-5-24(6-4-23)32-26-11-13-28(14-12-26)35-19-16-29(36)17-20-35/h3-15,18,21,29,31-32,36H,2,16-17,19-20H2,1H3,(H,33,37). The molecule has 37 heavy (non-hydrogen) atoms. The Morgan fingerprint density at radius 2 is 1.27 bits per heavy atom. The first-order chi connectivity index (χ1) is 18.1. The van der Waals surface area contributed by atoms with Gasteiger partial charge in [0.1, 0.15) is 0 Å². The number of carbonyl (C=O) groups is 1. The molecule has 0 saturated carbocycles. The van der Waals surface area contributed by atoms with Crippen LogP contribution < -0.4 is 20.9 Å². The first-order valence-corrected chi connectivity index (χ1v) is 12.8. The van der Waals surface area contributed by atoms with Crippen molar-refractivity contribution >= 4 is 40.0 Å². The number of anilines is 6. The van der Waals surface area contributed by atoms with Crippen LogP contribution in [0.4, 0.5) is 34.1 Å². The summed E-state index contributed by atoms with van der Waals surface area (Å²) in [6.45, 7) is 4.67. The zero-order chi connectivity index (χ0) is 25.6. The largest absolute Gasteiger partial charge is 0.393 e. The maximum atomic E-state index is 12.4. The number of nitrogens with zero attached hydrogens (tertiary/aromatic N) is 2. The third-order valence-corrected chi connectivity index (χ3v) is 6.68. The van der Waals surface area contributed by atoms with Gasteiger partial charge in [-0.2, -0.15) is 0 Å². The van der Waals surface area contributed by atoms with E-state index in [0.29, 0.717) is 5.56 Å². The number of aryl methyl sites for hydroxylation is 1. The van der Waals surface area contributed by atoms with Crippen molar-refractivity contribution in [3.63, 3.8) is 0 Å². The molecule has 7 heteroatoms. The molecule has 190 valence electrons. The molecule has 1 amide bonds. The number of benzene rings is 3. The van der Waals surface area contributed by atoms with Crippen LogP contribution in [0.5, 0.6) is 0 Å². The zero-order valence-electron chi connectivity index (χ0n) is 21.0. The van der Waals surface area contributed by atoms with Gasteiger partial charge >= 0.3 is 0 Å². The van der Waals surface area contributed by atoms with Crippen LogP contribution in [0.25, 0.3) is 0 Å². The topological polar surface area (TPSA) is 81.6 Å². The van der Waals surface area contributed by atoms with E-state index in [1.165, 1.54) is 5.69 Å². The number of aliphatic hydroxyl groups excluding tert-OH is 1. The van der Waals surface area contributed by atoms with Crippen molar-refractivity contribution < 1.29 is 9.90 Å². The van der Waals surface area contributed by atoms with Crippen molar-refractivity contribution in [3.8, 4) is 0 Å². The molecule has 0 unspecified atom stereocenters. The van der Waals surface area contributed by atoms with E-state index >= 15 is 0 Å². The average Bonchev–Trinajstić information content (AvgIpc) is 3.42. The second-order valence-electron chi connectivity index (χ2n) is 9.35. The van der Waals surface area contributed by atoms with Gasteiger partial charge < -0.3 is 30.5 Å². The number of amides is 1. The minimum atomic E-state index is -0.161. The van der Waals surface area contributed by atoms with Crippen molar-refractivity contribution in [2.75, 3.05) is 33.9 Å². The molecule has 1 aliphatic rings. The number of hydrogen-bond acceptors (Lipinski definition) is 5. The summed E-state index contributed by atoms with van der Waals surface area (Å²) in [5.41, 5.74) is 6.56.